The third kappa shape index (κ3) is 6.17. The molecule has 0 aliphatic carbocycles. The Morgan fingerprint density at radius 1 is 1.00 bits per heavy atom. The van der Waals surface area contributed by atoms with Gasteiger partial charge in [0.05, 0.1) is 29.5 Å². The molecular formula is C28H18Cl2F3N5O5. The number of nitro benzene ring substituents is 1. The molecule has 0 spiro atoms. The van der Waals surface area contributed by atoms with Gasteiger partial charge in [-0.15, -0.1) is 0 Å². The summed E-state index contributed by atoms with van der Waals surface area (Å²) in [6.07, 6.45) is -4.89. The lowest BCUT2D eigenvalue weighted by Gasteiger charge is -2.11. The fourth-order valence-corrected chi connectivity index (χ4v) is 4.44. The second kappa shape index (κ2) is 11.4. The molecule has 43 heavy (non-hydrogen) atoms. The van der Waals surface area contributed by atoms with Crippen molar-refractivity contribution in [3.63, 3.8) is 0 Å². The maximum absolute atomic E-state index is 14.1. The predicted octanol–water partition coefficient (Wildman–Crippen LogP) is 7.99. The van der Waals surface area contributed by atoms with Crippen molar-refractivity contribution in [3.8, 4) is 28.5 Å². The number of anilines is 1. The summed E-state index contributed by atoms with van der Waals surface area (Å²) in [6, 6.07) is 15.1. The van der Waals surface area contributed by atoms with Gasteiger partial charge in [-0.25, -0.2) is 9.50 Å². The Hall–Kier alpha value is -4.88. The van der Waals surface area contributed by atoms with E-state index in [-0.39, 0.29) is 17.1 Å². The number of amides is 1. The average molecular weight is 632 g/mol. The molecule has 1 N–H and O–H groups in total. The maximum atomic E-state index is 14.1. The van der Waals surface area contributed by atoms with Crippen LogP contribution in [0.3, 0.4) is 0 Å². The van der Waals surface area contributed by atoms with Crippen LogP contribution in [0.2, 0.25) is 10.0 Å². The number of nitrogens with one attached hydrogen (secondary N) is 1. The van der Waals surface area contributed by atoms with Gasteiger partial charge in [0.2, 0.25) is 0 Å². The molecule has 0 saturated carbocycles. The molecule has 220 valence electrons. The van der Waals surface area contributed by atoms with Crippen LogP contribution in [0.1, 0.15) is 21.7 Å². The number of aryl methyl sites for hydroxylation is 1. The van der Waals surface area contributed by atoms with E-state index in [1.165, 1.54) is 25.3 Å². The summed E-state index contributed by atoms with van der Waals surface area (Å²) in [5.74, 6) is -0.234. The molecule has 0 bridgehead atoms. The number of nitrogens with zero attached hydrogens (tertiary/aromatic N) is 4. The monoisotopic (exact) mass is 631 g/mol. The van der Waals surface area contributed by atoms with Crippen LogP contribution in [0.5, 0.6) is 17.2 Å². The van der Waals surface area contributed by atoms with Crippen molar-refractivity contribution in [3.05, 3.63) is 104 Å². The van der Waals surface area contributed by atoms with Crippen molar-refractivity contribution in [2.75, 3.05) is 12.4 Å². The molecule has 15 heteroatoms. The van der Waals surface area contributed by atoms with Crippen molar-refractivity contribution < 1.29 is 32.4 Å². The number of rotatable bonds is 7. The molecule has 0 unspecified atom stereocenters. The quantitative estimate of drug-likeness (QED) is 0.143. The minimum Gasteiger partial charge on any atom is -0.497 e. The SMILES string of the molecule is COc1ccc(-c2cc(C(F)(F)F)n3nc(C(=O)Nc4cc(Oc5ccc(Cl)c(C)c5)cc([N+](=O)[O-])c4)c(Cl)c3n2)cc1. The van der Waals surface area contributed by atoms with E-state index in [1.54, 1.807) is 37.3 Å². The van der Waals surface area contributed by atoms with E-state index in [2.05, 4.69) is 15.4 Å². The number of benzene rings is 3. The van der Waals surface area contributed by atoms with Gasteiger partial charge in [0.25, 0.3) is 11.6 Å². The number of non-ortho nitro benzene ring substituents is 1. The van der Waals surface area contributed by atoms with Crippen LogP contribution in [-0.2, 0) is 6.18 Å². The lowest BCUT2D eigenvalue weighted by atomic mass is 10.1. The van der Waals surface area contributed by atoms with Crippen LogP contribution < -0.4 is 14.8 Å². The van der Waals surface area contributed by atoms with Crippen molar-refractivity contribution in [1.29, 1.82) is 0 Å². The summed E-state index contributed by atoms with van der Waals surface area (Å²) in [6.45, 7) is 1.74. The maximum Gasteiger partial charge on any atom is 0.433 e. The standard InChI is InChI=1S/C28H18Cl2F3N5O5/c1-14-9-19(7-8-21(14)29)43-20-11-16(10-17(12-20)38(40)41)34-27(39)25-24(30)26-35-22(15-3-5-18(42-2)6-4-15)13-23(28(31,32)33)37(26)36-25/h3-13H,1-2H3,(H,34,39). The number of ether oxygens (including phenoxy) is 2. The molecule has 0 fully saturated rings. The molecule has 10 nitrogen and oxygen atoms in total. The number of alkyl halides is 3. The highest BCUT2D eigenvalue weighted by molar-refractivity contribution is 6.37. The zero-order valence-electron chi connectivity index (χ0n) is 22.1. The largest absolute Gasteiger partial charge is 0.497 e. The number of hydrogen-bond acceptors (Lipinski definition) is 7. The number of halogens is 5. The van der Waals surface area contributed by atoms with Crippen molar-refractivity contribution in [2.24, 2.45) is 0 Å². The van der Waals surface area contributed by atoms with Gasteiger partial charge in [0.1, 0.15) is 22.3 Å². The second-order valence-corrected chi connectivity index (χ2v) is 9.88. The van der Waals surface area contributed by atoms with Crippen LogP contribution in [0.15, 0.2) is 66.7 Å². The highest BCUT2D eigenvalue weighted by Crippen LogP contribution is 2.36. The average Bonchev–Trinajstić information content (AvgIpc) is 3.30. The van der Waals surface area contributed by atoms with E-state index in [0.29, 0.717) is 32.2 Å². The summed E-state index contributed by atoms with van der Waals surface area (Å²) in [7, 11) is 1.45. The summed E-state index contributed by atoms with van der Waals surface area (Å²) in [4.78, 5) is 28.3. The van der Waals surface area contributed by atoms with Crippen LogP contribution in [-0.4, -0.2) is 32.5 Å². The van der Waals surface area contributed by atoms with Gasteiger partial charge >= 0.3 is 6.18 Å². The number of fused-ring (bicyclic) bond motifs is 1. The topological polar surface area (TPSA) is 121 Å². The molecule has 0 aliphatic heterocycles. The van der Waals surface area contributed by atoms with Crippen molar-refractivity contribution in [2.45, 2.75) is 13.1 Å². The Kier molecular flexibility index (Phi) is 7.86. The van der Waals surface area contributed by atoms with Gasteiger partial charge in [-0.3, -0.25) is 14.9 Å². The number of methoxy groups -OCH3 is 1. The third-order valence-corrected chi connectivity index (χ3v) is 6.92. The summed E-state index contributed by atoms with van der Waals surface area (Å²) < 4.78 is 53.5. The Balaban J connectivity index is 1.53. The Labute approximate surface area is 250 Å². The number of nitro groups is 1. The van der Waals surface area contributed by atoms with E-state index < -0.39 is 44.8 Å². The van der Waals surface area contributed by atoms with Gasteiger partial charge < -0.3 is 14.8 Å². The third-order valence-electron chi connectivity index (χ3n) is 6.15. The molecule has 1 amide bonds. The molecule has 2 aromatic heterocycles. The first-order valence-corrected chi connectivity index (χ1v) is 13.0. The summed E-state index contributed by atoms with van der Waals surface area (Å²) in [5.41, 5.74) is -1.82. The number of hydrogen-bond donors (Lipinski definition) is 1. The molecule has 5 aromatic rings. The van der Waals surface area contributed by atoms with E-state index >= 15 is 0 Å². The first-order chi connectivity index (χ1) is 20.3. The molecule has 0 radical (unpaired) electrons. The van der Waals surface area contributed by atoms with E-state index in [9.17, 15) is 28.1 Å². The molecular weight excluding hydrogens is 614 g/mol. The highest BCUT2D eigenvalue weighted by Gasteiger charge is 2.37. The fraction of sp³-hybridized carbons (Fsp3) is 0.107. The zero-order valence-corrected chi connectivity index (χ0v) is 23.6. The van der Waals surface area contributed by atoms with Gasteiger partial charge in [-0.2, -0.15) is 18.3 Å². The Morgan fingerprint density at radius 2 is 1.70 bits per heavy atom. The zero-order chi connectivity index (χ0) is 31.1. The van der Waals surface area contributed by atoms with Gasteiger partial charge in [-0.05, 0) is 61.0 Å². The van der Waals surface area contributed by atoms with Crippen molar-refractivity contribution in [1.82, 2.24) is 14.6 Å². The molecule has 0 atom stereocenters. The van der Waals surface area contributed by atoms with Crippen LogP contribution >= 0.6 is 23.2 Å². The van der Waals surface area contributed by atoms with Gasteiger partial charge in [0.15, 0.2) is 17.0 Å². The number of carbonyl (C=O) groups excluding carboxylic acids is 1. The first-order valence-electron chi connectivity index (χ1n) is 12.2. The van der Waals surface area contributed by atoms with Gasteiger partial charge in [-0.1, -0.05) is 23.2 Å². The lowest BCUT2D eigenvalue weighted by molar-refractivity contribution is -0.384. The highest BCUT2D eigenvalue weighted by atomic mass is 35.5. The molecule has 0 saturated heterocycles. The smallest absolute Gasteiger partial charge is 0.433 e. The van der Waals surface area contributed by atoms with E-state index in [4.69, 9.17) is 32.7 Å². The van der Waals surface area contributed by atoms with Gasteiger partial charge in [0, 0.05) is 22.7 Å². The number of carbonyl (C=O) groups is 1. The number of aromatic nitrogens is 3. The Bertz CT molecular complexity index is 1900. The molecule has 5 rings (SSSR count). The lowest BCUT2D eigenvalue weighted by Crippen LogP contribution is -2.16. The normalized spacial score (nSPS) is 11.4. The van der Waals surface area contributed by atoms with Crippen LogP contribution in [0.25, 0.3) is 16.9 Å². The van der Waals surface area contributed by atoms with E-state index in [1.807, 2.05) is 0 Å². The molecule has 2 heterocycles. The summed E-state index contributed by atoms with van der Waals surface area (Å²) >= 11 is 12.4. The first kappa shape index (κ1) is 29.6. The Morgan fingerprint density at radius 3 is 2.33 bits per heavy atom. The minimum atomic E-state index is -4.89. The van der Waals surface area contributed by atoms with Crippen LogP contribution in [0.4, 0.5) is 24.5 Å². The molecule has 3 aromatic carbocycles. The second-order valence-electron chi connectivity index (χ2n) is 9.09. The summed E-state index contributed by atoms with van der Waals surface area (Å²) in [5, 5.41) is 17.8. The van der Waals surface area contributed by atoms with Crippen molar-refractivity contribution >= 4 is 46.1 Å². The fourth-order valence-electron chi connectivity index (χ4n) is 4.08. The predicted molar refractivity (Wildman–Crippen MR) is 152 cm³/mol. The van der Waals surface area contributed by atoms with Crippen LogP contribution in [0, 0.1) is 17.0 Å². The minimum absolute atomic E-state index is 0.00233. The van der Waals surface area contributed by atoms with E-state index in [0.717, 1.165) is 18.2 Å². The molecule has 0 aliphatic rings.